The number of urea groups is 1. The largest absolute Gasteiger partial charge is 0.351 e. The summed E-state index contributed by atoms with van der Waals surface area (Å²) in [7, 11) is 0. The van der Waals surface area contributed by atoms with Crippen LogP contribution < -0.4 is 10.6 Å². The maximum atomic E-state index is 12.3. The first-order valence-corrected chi connectivity index (χ1v) is 7.78. The fourth-order valence-corrected chi connectivity index (χ4v) is 2.57. The summed E-state index contributed by atoms with van der Waals surface area (Å²) in [5.41, 5.74) is 0.528. The molecule has 1 aliphatic rings. The van der Waals surface area contributed by atoms with Gasteiger partial charge in [-0.15, -0.1) is 0 Å². The number of nitrogens with one attached hydrogen (secondary N) is 2. The third-order valence-electron chi connectivity index (χ3n) is 3.60. The zero-order chi connectivity index (χ0) is 16.2. The van der Waals surface area contributed by atoms with Crippen LogP contribution in [0, 0.1) is 5.92 Å². The van der Waals surface area contributed by atoms with Gasteiger partial charge >= 0.3 is 6.03 Å². The standard InChI is InChI=1S/C17H25N3O2/c1-17(2,3)19-15(21)13-8-7-11-20(12-13)16(22)18-14-9-5-4-6-10-14/h4-6,9-10,13H,7-8,11-12H2,1-3H3,(H,18,22)(H,19,21). The van der Waals surface area contributed by atoms with Crippen molar-refractivity contribution in [1.29, 1.82) is 0 Å². The minimum absolute atomic E-state index is 0.0321. The van der Waals surface area contributed by atoms with Crippen molar-refractivity contribution in [2.45, 2.75) is 39.2 Å². The number of amides is 3. The Morgan fingerprint density at radius 1 is 1.18 bits per heavy atom. The molecule has 1 unspecified atom stereocenters. The van der Waals surface area contributed by atoms with Crippen LogP contribution in [0.1, 0.15) is 33.6 Å². The lowest BCUT2D eigenvalue weighted by molar-refractivity contribution is -0.127. The number of carbonyl (C=O) groups excluding carboxylic acids is 2. The first kappa shape index (κ1) is 16.3. The predicted octanol–water partition coefficient (Wildman–Crippen LogP) is 2.85. The molecule has 5 nitrogen and oxygen atoms in total. The minimum atomic E-state index is -0.244. The van der Waals surface area contributed by atoms with E-state index in [0.29, 0.717) is 13.1 Å². The molecule has 1 atom stereocenters. The van der Waals surface area contributed by atoms with Crippen molar-refractivity contribution in [3.05, 3.63) is 30.3 Å². The van der Waals surface area contributed by atoms with Crippen molar-refractivity contribution in [3.63, 3.8) is 0 Å². The third-order valence-corrected chi connectivity index (χ3v) is 3.60. The number of nitrogens with zero attached hydrogens (tertiary/aromatic N) is 1. The molecule has 2 N–H and O–H groups in total. The topological polar surface area (TPSA) is 61.4 Å². The maximum absolute atomic E-state index is 12.3. The third kappa shape index (κ3) is 4.76. The Hall–Kier alpha value is -2.04. The van der Waals surface area contributed by atoms with Crippen molar-refractivity contribution in [3.8, 4) is 0 Å². The van der Waals surface area contributed by atoms with E-state index in [1.807, 2.05) is 51.1 Å². The number of hydrogen-bond donors (Lipinski definition) is 2. The molecule has 0 aliphatic carbocycles. The predicted molar refractivity (Wildman–Crippen MR) is 87.7 cm³/mol. The van der Waals surface area contributed by atoms with E-state index in [9.17, 15) is 9.59 Å². The monoisotopic (exact) mass is 303 g/mol. The lowest BCUT2D eigenvalue weighted by Gasteiger charge is -2.33. The summed E-state index contributed by atoms with van der Waals surface area (Å²) in [4.78, 5) is 26.3. The van der Waals surface area contributed by atoms with Crippen molar-refractivity contribution in [2.24, 2.45) is 5.92 Å². The first-order chi connectivity index (χ1) is 10.3. The molecule has 1 aromatic rings. The summed E-state index contributed by atoms with van der Waals surface area (Å²) >= 11 is 0. The Balaban J connectivity index is 1.92. The quantitative estimate of drug-likeness (QED) is 0.882. The molecular formula is C17H25N3O2. The van der Waals surface area contributed by atoms with Gasteiger partial charge in [0.25, 0.3) is 0 Å². The summed E-state index contributed by atoms with van der Waals surface area (Å²) in [6, 6.07) is 9.23. The minimum Gasteiger partial charge on any atom is -0.351 e. The Labute approximate surface area is 132 Å². The summed E-state index contributed by atoms with van der Waals surface area (Å²) in [5, 5.41) is 5.88. The van der Waals surface area contributed by atoms with Crippen LogP contribution in [0.15, 0.2) is 30.3 Å². The fraction of sp³-hybridized carbons (Fsp3) is 0.529. The van der Waals surface area contributed by atoms with E-state index < -0.39 is 0 Å². The highest BCUT2D eigenvalue weighted by Gasteiger charge is 2.30. The zero-order valence-electron chi connectivity index (χ0n) is 13.6. The highest BCUT2D eigenvalue weighted by molar-refractivity contribution is 5.90. The van der Waals surface area contributed by atoms with E-state index in [0.717, 1.165) is 18.5 Å². The lowest BCUT2D eigenvalue weighted by Crippen LogP contribution is -2.50. The molecule has 1 saturated heterocycles. The van der Waals surface area contributed by atoms with Crippen LogP contribution in [-0.2, 0) is 4.79 Å². The number of anilines is 1. The van der Waals surface area contributed by atoms with Crippen molar-refractivity contribution in [2.75, 3.05) is 18.4 Å². The molecule has 0 aromatic heterocycles. The van der Waals surface area contributed by atoms with Gasteiger partial charge in [-0.2, -0.15) is 0 Å². The Kier molecular flexibility index (Phi) is 5.06. The van der Waals surface area contributed by atoms with E-state index in [4.69, 9.17) is 0 Å². The second kappa shape index (κ2) is 6.81. The number of hydrogen-bond acceptors (Lipinski definition) is 2. The number of piperidine rings is 1. The van der Waals surface area contributed by atoms with Crippen molar-refractivity contribution >= 4 is 17.6 Å². The van der Waals surface area contributed by atoms with E-state index in [1.54, 1.807) is 4.90 Å². The molecule has 120 valence electrons. The van der Waals surface area contributed by atoms with E-state index in [1.165, 1.54) is 0 Å². The SMILES string of the molecule is CC(C)(C)NC(=O)C1CCCN(C(=O)Nc2ccccc2)C1. The molecule has 0 bridgehead atoms. The molecule has 1 aliphatic heterocycles. The molecule has 3 amide bonds. The van der Waals surface area contributed by atoms with Gasteiger partial charge < -0.3 is 15.5 Å². The molecule has 1 aromatic carbocycles. The average molecular weight is 303 g/mol. The average Bonchev–Trinajstić information content (AvgIpc) is 2.46. The number of carbonyl (C=O) groups is 2. The van der Waals surface area contributed by atoms with Gasteiger partial charge in [0.1, 0.15) is 0 Å². The molecule has 0 spiro atoms. The lowest BCUT2D eigenvalue weighted by atomic mass is 9.96. The zero-order valence-corrected chi connectivity index (χ0v) is 13.6. The summed E-state index contributed by atoms with van der Waals surface area (Å²) in [6.07, 6.45) is 1.68. The highest BCUT2D eigenvalue weighted by atomic mass is 16.2. The van der Waals surface area contributed by atoms with Gasteiger partial charge in [0.15, 0.2) is 0 Å². The van der Waals surface area contributed by atoms with Crippen LogP contribution in [0.25, 0.3) is 0 Å². The molecule has 5 heteroatoms. The summed E-state index contributed by atoms with van der Waals surface area (Å²) < 4.78 is 0. The summed E-state index contributed by atoms with van der Waals surface area (Å²) in [6.45, 7) is 7.06. The van der Waals surface area contributed by atoms with Gasteiger partial charge in [0.2, 0.25) is 5.91 Å². The van der Waals surface area contributed by atoms with E-state index >= 15 is 0 Å². The Bertz CT molecular complexity index is 522. The Morgan fingerprint density at radius 3 is 2.50 bits per heavy atom. The van der Waals surface area contributed by atoms with Crippen LogP contribution in [-0.4, -0.2) is 35.5 Å². The van der Waals surface area contributed by atoms with Gasteiger partial charge in [0, 0.05) is 24.3 Å². The molecule has 1 heterocycles. The molecule has 0 saturated carbocycles. The van der Waals surface area contributed by atoms with Crippen LogP contribution in [0.4, 0.5) is 10.5 Å². The second-order valence-electron chi connectivity index (χ2n) is 6.82. The second-order valence-corrected chi connectivity index (χ2v) is 6.82. The fourth-order valence-electron chi connectivity index (χ4n) is 2.57. The smallest absolute Gasteiger partial charge is 0.321 e. The number of para-hydroxylation sites is 1. The van der Waals surface area contributed by atoms with Gasteiger partial charge in [0.05, 0.1) is 5.92 Å². The number of likely N-dealkylation sites (tertiary alicyclic amines) is 1. The van der Waals surface area contributed by atoms with Crippen LogP contribution >= 0.6 is 0 Å². The van der Waals surface area contributed by atoms with Gasteiger partial charge in [-0.05, 0) is 45.7 Å². The van der Waals surface area contributed by atoms with Crippen molar-refractivity contribution in [1.82, 2.24) is 10.2 Å². The van der Waals surface area contributed by atoms with Crippen LogP contribution in [0.5, 0.6) is 0 Å². The molecule has 2 rings (SSSR count). The van der Waals surface area contributed by atoms with Crippen molar-refractivity contribution < 1.29 is 9.59 Å². The highest BCUT2D eigenvalue weighted by Crippen LogP contribution is 2.19. The Morgan fingerprint density at radius 2 is 1.86 bits per heavy atom. The molecule has 0 radical (unpaired) electrons. The van der Waals surface area contributed by atoms with Gasteiger partial charge in [-0.25, -0.2) is 4.79 Å². The normalized spacial score (nSPS) is 18.7. The molecular weight excluding hydrogens is 278 g/mol. The van der Waals surface area contributed by atoms with E-state index in [2.05, 4.69) is 10.6 Å². The van der Waals surface area contributed by atoms with Crippen LogP contribution in [0.2, 0.25) is 0 Å². The molecule has 1 fully saturated rings. The van der Waals surface area contributed by atoms with Gasteiger partial charge in [-0.3, -0.25) is 4.79 Å². The maximum Gasteiger partial charge on any atom is 0.321 e. The van der Waals surface area contributed by atoms with Gasteiger partial charge in [-0.1, -0.05) is 18.2 Å². The number of benzene rings is 1. The summed E-state index contributed by atoms with van der Waals surface area (Å²) in [5.74, 6) is -0.0980. The van der Waals surface area contributed by atoms with E-state index in [-0.39, 0.29) is 23.4 Å². The van der Waals surface area contributed by atoms with Crippen LogP contribution in [0.3, 0.4) is 0 Å². The number of rotatable bonds is 2. The molecule has 22 heavy (non-hydrogen) atoms. The first-order valence-electron chi connectivity index (χ1n) is 7.78.